The summed E-state index contributed by atoms with van der Waals surface area (Å²) < 4.78 is 1.98. The van der Waals surface area contributed by atoms with Crippen molar-refractivity contribution in [2.45, 2.75) is 12.0 Å². The van der Waals surface area contributed by atoms with Crippen molar-refractivity contribution in [3.05, 3.63) is 60.2 Å². The molecular weight excluding hydrogens is 250 g/mol. The fraction of sp³-hybridized carbons (Fsp3) is 0.250. The second kappa shape index (κ2) is 4.15. The summed E-state index contributed by atoms with van der Waals surface area (Å²) in [6, 6.07) is 18.2. The zero-order chi connectivity index (χ0) is 13.6. The molecule has 1 saturated carbocycles. The molecule has 1 aromatic heterocycles. The van der Waals surface area contributed by atoms with E-state index in [-0.39, 0.29) is 18.1 Å². The average Bonchev–Trinajstić information content (AvgIpc) is 3.11. The maximum absolute atomic E-state index is 9.61. The molecule has 1 N–H and O–H groups in total. The highest BCUT2D eigenvalue weighted by Gasteiger charge is 2.58. The number of rotatable bonds is 3. The molecule has 1 fully saturated rings. The molecule has 4 nitrogen and oxygen atoms in total. The number of benzene rings is 2. The van der Waals surface area contributed by atoms with Crippen LogP contribution in [-0.4, -0.2) is 26.7 Å². The number of hydrogen-bond acceptors (Lipinski definition) is 3. The fourth-order valence-corrected chi connectivity index (χ4v) is 3.16. The summed E-state index contributed by atoms with van der Waals surface area (Å²) in [5, 5.41) is 18.2. The summed E-state index contributed by atoms with van der Waals surface area (Å²) in [5.74, 6) is 0.204. The third kappa shape index (κ3) is 1.45. The predicted octanol–water partition coefficient (Wildman–Crippen LogP) is 2.19. The summed E-state index contributed by atoms with van der Waals surface area (Å²) >= 11 is 0. The van der Waals surface area contributed by atoms with Crippen LogP contribution >= 0.6 is 0 Å². The van der Waals surface area contributed by atoms with Crippen LogP contribution in [0.3, 0.4) is 0 Å². The normalized spacial score (nSPS) is 24.9. The Morgan fingerprint density at radius 1 is 1.10 bits per heavy atom. The van der Waals surface area contributed by atoms with Gasteiger partial charge in [0.2, 0.25) is 0 Å². The first-order valence-corrected chi connectivity index (χ1v) is 6.83. The highest BCUT2D eigenvalue weighted by molar-refractivity contribution is 5.74. The van der Waals surface area contributed by atoms with Crippen molar-refractivity contribution < 1.29 is 5.11 Å². The standard InChI is InChI=1S/C16H15N3O/c20-11-13-10-16(13,12-6-2-1-3-7-12)19-15-9-5-4-8-14(15)17-18-19/h1-9,13,20H,10-11H2. The summed E-state index contributed by atoms with van der Waals surface area (Å²) in [6.45, 7) is 0.170. The molecule has 4 rings (SSSR count). The maximum atomic E-state index is 9.61. The quantitative estimate of drug-likeness (QED) is 0.789. The van der Waals surface area contributed by atoms with E-state index in [2.05, 4.69) is 22.4 Å². The van der Waals surface area contributed by atoms with E-state index in [1.165, 1.54) is 5.56 Å². The summed E-state index contributed by atoms with van der Waals surface area (Å²) in [7, 11) is 0. The summed E-state index contributed by atoms with van der Waals surface area (Å²) in [4.78, 5) is 0. The van der Waals surface area contributed by atoms with Gasteiger partial charge in [-0.25, -0.2) is 4.68 Å². The van der Waals surface area contributed by atoms with Crippen LogP contribution in [0.15, 0.2) is 54.6 Å². The SMILES string of the molecule is OCC1CC1(c1ccccc1)n1nnc2ccccc21. The minimum atomic E-state index is -0.244. The van der Waals surface area contributed by atoms with E-state index in [0.29, 0.717) is 0 Å². The third-order valence-electron chi connectivity index (χ3n) is 4.30. The first-order valence-electron chi connectivity index (χ1n) is 6.83. The largest absolute Gasteiger partial charge is 0.396 e. The lowest BCUT2D eigenvalue weighted by Crippen LogP contribution is -2.24. The molecule has 3 aromatic rings. The molecular formula is C16H15N3O. The molecule has 1 heterocycles. The van der Waals surface area contributed by atoms with Crippen LogP contribution in [-0.2, 0) is 5.54 Å². The van der Waals surface area contributed by atoms with Crippen molar-refractivity contribution in [1.29, 1.82) is 0 Å². The molecule has 1 aliphatic rings. The molecule has 1 aliphatic carbocycles. The molecule has 100 valence electrons. The third-order valence-corrected chi connectivity index (χ3v) is 4.30. The Hall–Kier alpha value is -2.20. The van der Waals surface area contributed by atoms with Gasteiger partial charge in [0.15, 0.2) is 0 Å². The van der Waals surface area contributed by atoms with Crippen LogP contribution in [0.4, 0.5) is 0 Å². The van der Waals surface area contributed by atoms with Gasteiger partial charge >= 0.3 is 0 Å². The molecule has 0 amide bonds. The van der Waals surface area contributed by atoms with E-state index in [1.54, 1.807) is 0 Å². The highest BCUT2D eigenvalue weighted by Crippen LogP contribution is 2.55. The fourth-order valence-electron chi connectivity index (χ4n) is 3.16. The molecule has 2 atom stereocenters. The Morgan fingerprint density at radius 3 is 2.60 bits per heavy atom. The Labute approximate surface area is 116 Å². The van der Waals surface area contributed by atoms with E-state index in [9.17, 15) is 5.11 Å². The smallest absolute Gasteiger partial charge is 0.113 e. The van der Waals surface area contributed by atoms with Gasteiger partial charge in [-0.05, 0) is 24.1 Å². The van der Waals surface area contributed by atoms with Crippen LogP contribution in [0, 0.1) is 5.92 Å². The second-order valence-corrected chi connectivity index (χ2v) is 5.36. The van der Waals surface area contributed by atoms with Gasteiger partial charge < -0.3 is 5.11 Å². The van der Waals surface area contributed by atoms with E-state index in [0.717, 1.165) is 17.5 Å². The first-order chi connectivity index (χ1) is 9.86. The van der Waals surface area contributed by atoms with E-state index in [1.807, 2.05) is 47.1 Å². The van der Waals surface area contributed by atoms with Crippen molar-refractivity contribution in [3.8, 4) is 0 Å². The molecule has 2 aromatic carbocycles. The zero-order valence-electron chi connectivity index (χ0n) is 11.0. The van der Waals surface area contributed by atoms with Crippen molar-refractivity contribution in [2.24, 2.45) is 5.92 Å². The van der Waals surface area contributed by atoms with Gasteiger partial charge in [-0.15, -0.1) is 5.10 Å². The van der Waals surface area contributed by atoms with Gasteiger partial charge in [0.05, 0.1) is 11.1 Å². The minimum absolute atomic E-state index is 0.170. The number of aliphatic hydroxyl groups excluding tert-OH is 1. The van der Waals surface area contributed by atoms with Crippen molar-refractivity contribution in [3.63, 3.8) is 0 Å². The topological polar surface area (TPSA) is 50.9 Å². The predicted molar refractivity (Wildman–Crippen MR) is 76.2 cm³/mol. The molecule has 0 radical (unpaired) electrons. The zero-order valence-corrected chi connectivity index (χ0v) is 11.0. The van der Waals surface area contributed by atoms with E-state index >= 15 is 0 Å². The lowest BCUT2D eigenvalue weighted by Gasteiger charge is -2.19. The second-order valence-electron chi connectivity index (χ2n) is 5.36. The number of para-hydroxylation sites is 1. The molecule has 0 spiro atoms. The van der Waals surface area contributed by atoms with Gasteiger partial charge in [0.1, 0.15) is 5.52 Å². The lowest BCUT2D eigenvalue weighted by atomic mass is 10.0. The Morgan fingerprint density at radius 2 is 1.85 bits per heavy atom. The number of aromatic nitrogens is 3. The van der Waals surface area contributed by atoms with Gasteiger partial charge in [-0.1, -0.05) is 47.7 Å². The van der Waals surface area contributed by atoms with Gasteiger partial charge in [0.25, 0.3) is 0 Å². The van der Waals surface area contributed by atoms with Crippen molar-refractivity contribution >= 4 is 11.0 Å². The van der Waals surface area contributed by atoms with Crippen LogP contribution in [0.25, 0.3) is 11.0 Å². The lowest BCUT2D eigenvalue weighted by molar-refractivity contribution is 0.254. The number of aliphatic hydroxyl groups is 1. The minimum Gasteiger partial charge on any atom is -0.396 e. The van der Waals surface area contributed by atoms with Crippen LogP contribution in [0.5, 0.6) is 0 Å². The molecule has 0 saturated heterocycles. The number of nitrogens with zero attached hydrogens (tertiary/aromatic N) is 3. The monoisotopic (exact) mass is 265 g/mol. The molecule has 20 heavy (non-hydrogen) atoms. The van der Waals surface area contributed by atoms with Crippen molar-refractivity contribution in [1.82, 2.24) is 15.0 Å². The van der Waals surface area contributed by atoms with Crippen LogP contribution in [0.1, 0.15) is 12.0 Å². The van der Waals surface area contributed by atoms with E-state index in [4.69, 9.17) is 0 Å². The van der Waals surface area contributed by atoms with Crippen molar-refractivity contribution in [2.75, 3.05) is 6.61 Å². The Kier molecular flexibility index (Phi) is 2.41. The Balaban J connectivity index is 1.93. The molecule has 0 aliphatic heterocycles. The molecule has 2 unspecified atom stereocenters. The number of hydrogen-bond donors (Lipinski definition) is 1. The number of fused-ring (bicyclic) bond motifs is 1. The van der Waals surface area contributed by atoms with Gasteiger partial charge in [-0.3, -0.25) is 0 Å². The Bertz CT molecular complexity index is 753. The van der Waals surface area contributed by atoms with Crippen LogP contribution < -0.4 is 0 Å². The molecule has 0 bridgehead atoms. The summed E-state index contributed by atoms with van der Waals surface area (Å²) in [6.07, 6.45) is 0.904. The first kappa shape index (κ1) is 11.6. The van der Waals surface area contributed by atoms with Gasteiger partial charge in [0, 0.05) is 12.5 Å². The average molecular weight is 265 g/mol. The van der Waals surface area contributed by atoms with E-state index < -0.39 is 0 Å². The summed E-state index contributed by atoms with van der Waals surface area (Å²) in [5.41, 5.74) is 2.86. The van der Waals surface area contributed by atoms with Gasteiger partial charge in [-0.2, -0.15) is 0 Å². The molecule has 4 heteroatoms. The highest BCUT2D eigenvalue weighted by atomic mass is 16.3. The van der Waals surface area contributed by atoms with Crippen LogP contribution in [0.2, 0.25) is 0 Å². The maximum Gasteiger partial charge on any atom is 0.113 e.